The molecular weight excluding hydrogens is 433 g/mol. The summed E-state index contributed by atoms with van der Waals surface area (Å²) in [5.74, 6) is -0.236. The van der Waals surface area contributed by atoms with Crippen LogP contribution in [0.4, 0.5) is 13.2 Å². The molecule has 0 radical (unpaired) electrons. The maximum atomic E-state index is 13.4. The lowest BCUT2D eigenvalue weighted by Crippen LogP contribution is -2.51. The van der Waals surface area contributed by atoms with Crippen LogP contribution in [0, 0.1) is 5.41 Å². The Morgan fingerprint density at radius 2 is 1.90 bits per heavy atom. The van der Waals surface area contributed by atoms with Gasteiger partial charge in [0.15, 0.2) is 0 Å². The third kappa shape index (κ3) is 4.08. The van der Waals surface area contributed by atoms with Gasteiger partial charge in [0.2, 0.25) is 10.0 Å². The number of hydrogen-bond donors (Lipinski definition) is 2. The summed E-state index contributed by atoms with van der Waals surface area (Å²) in [6, 6.07) is 5.45. The van der Waals surface area contributed by atoms with Crippen molar-refractivity contribution in [2.75, 3.05) is 32.4 Å². The Balaban J connectivity index is 1.45. The van der Waals surface area contributed by atoms with E-state index in [-0.39, 0.29) is 25.0 Å². The van der Waals surface area contributed by atoms with Crippen molar-refractivity contribution in [2.24, 2.45) is 10.5 Å². The Labute approximate surface area is 180 Å². The fourth-order valence-electron chi connectivity index (χ4n) is 5.01. The Hall–Kier alpha value is -1.69. The zero-order valence-corrected chi connectivity index (χ0v) is 18.2. The molecular formula is C20H27F3N4O3S. The van der Waals surface area contributed by atoms with Crippen molar-refractivity contribution in [3.8, 4) is 0 Å². The molecule has 4 rings (SSSR count). The van der Waals surface area contributed by atoms with Gasteiger partial charge >= 0.3 is 6.18 Å². The minimum absolute atomic E-state index is 0.219. The van der Waals surface area contributed by atoms with Crippen molar-refractivity contribution in [2.45, 2.75) is 44.1 Å². The molecule has 0 saturated carbocycles. The number of nitrogens with zero attached hydrogens (tertiary/aromatic N) is 3. The fraction of sp³-hybridized carbons (Fsp3) is 0.650. The van der Waals surface area contributed by atoms with Crippen molar-refractivity contribution in [1.82, 2.24) is 14.6 Å². The molecule has 3 atom stereocenters. The van der Waals surface area contributed by atoms with Crippen LogP contribution in [0.5, 0.6) is 0 Å². The average molecular weight is 461 g/mol. The molecule has 3 unspecified atom stereocenters. The van der Waals surface area contributed by atoms with Crippen molar-refractivity contribution >= 4 is 15.7 Å². The van der Waals surface area contributed by atoms with Gasteiger partial charge in [-0.05, 0) is 30.4 Å². The topological polar surface area (TPSA) is 85.2 Å². The minimum Gasteiger partial charge on any atom is -0.373 e. The summed E-state index contributed by atoms with van der Waals surface area (Å²) in [6.45, 7) is 3.25. The van der Waals surface area contributed by atoms with Gasteiger partial charge in [0.05, 0.1) is 23.6 Å². The first kappa shape index (κ1) is 22.5. The van der Waals surface area contributed by atoms with Crippen molar-refractivity contribution in [3.63, 3.8) is 0 Å². The van der Waals surface area contributed by atoms with Crippen LogP contribution in [0.2, 0.25) is 0 Å². The summed E-state index contributed by atoms with van der Waals surface area (Å²) < 4.78 is 65.4. The zero-order chi connectivity index (χ0) is 22.6. The van der Waals surface area contributed by atoms with E-state index in [0.29, 0.717) is 37.2 Å². The molecule has 3 heterocycles. The van der Waals surface area contributed by atoms with Crippen LogP contribution < -0.4 is 5.43 Å². The third-order valence-electron chi connectivity index (χ3n) is 6.88. The molecule has 0 aliphatic carbocycles. The molecule has 0 amide bonds. The highest BCUT2D eigenvalue weighted by Crippen LogP contribution is 2.41. The van der Waals surface area contributed by atoms with E-state index in [0.717, 1.165) is 12.3 Å². The summed E-state index contributed by atoms with van der Waals surface area (Å²) in [7, 11) is -3.36. The molecule has 3 aliphatic rings. The number of fused-ring (bicyclic) bond motifs is 1. The number of piperidine rings is 1. The van der Waals surface area contributed by atoms with Gasteiger partial charge in [-0.1, -0.05) is 25.1 Å². The van der Waals surface area contributed by atoms with Gasteiger partial charge in [-0.3, -0.25) is 4.90 Å². The van der Waals surface area contributed by atoms with E-state index in [1.165, 1.54) is 16.4 Å². The first-order valence-electron chi connectivity index (χ1n) is 10.3. The van der Waals surface area contributed by atoms with Crippen molar-refractivity contribution < 1.29 is 26.7 Å². The van der Waals surface area contributed by atoms with Crippen LogP contribution >= 0.6 is 0 Å². The van der Waals surface area contributed by atoms with Gasteiger partial charge in [-0.15, -0.1) is 0 Å². The van der Waals surface area contributed by atoms with Gasteiger partial charge in [-0.25, -0.2) is 8.42 Å². The highest BCUT2D eigenvalue weighted by molar-refractivity contribution is 7.88. The van der Waals surface area contributed by atoms with Crippen molar-refractivity contribution in [1.29, 1.82) is 0 Å². The molecule has 11 heteroatoms. The molecule has 0 bridgehead atoms. The van der Waals surface area contributed by atoms with Crippen LogP contribution in [0.3, 0.4) is 0 Å². The SMILES string of the molecule is CC12CN(S(C)(=O)=O)CC1NN=C2C(O)N1CCC(c2ccccc2C(F)(F)F)CC1. The lowest BCUT2D eigenvalue weighted by atomic mass is 9.80. The predicted octanol–water partition coefficient (Wildman–Crippen LogP) is 1.81. The average Bonchev–Trinajstić information content (AvgIpc) is 3.20. The number of rotatable bonds is 4. The number of likely N-dealkylation sites (tertiary alicyclic amines) is 1. The number of hydrogen-bond acceptors (Lipinski definition) is 6. The standard InChI is InChI=1S/C20H27F3N4O3S/c1-19-12-27(31(2,29)30)11-16(19)24-25-17(19)18(28)26-9-7-13(8-10-26)14-5-3-4-6-15(14)20(21,22)23/h3-6,13,16,18,24,28H,7-12H2,1-2H3. The van der Waals surface area contributed by atoms with E-state index in [9.17, 15) is 26.7 Å². The Morgan fingerprint density at radius 1 is 1.26 bits per heavy atom. The highest BCUT2D eigenvalue weighted by Gasteiger charge is 2.55. The molecule has 2 saturated heterocycles. The van der Waals surface area contributed by atoms with E-state index in [1.54, 1.807) is 6.07 Å². The second-order valence-corrected chi connectivity index (χ2v) is 10.9. The number of nitrogens with one attached hydrogen (secondary N) is 1. The summed E-state index contributed by atoms with van der Waals surface area (Å²) in [5.41, 5.74) is 2.51. The Bertz CT molecular complexity index is 976. The molecule has 2 N–H and O–H groups in total. The smallest absolute Gasteiger partial charge is 0.373 e. The van der Waals surface area contributed by atoms with Crippen LogP contribution in [0.25, 0.3) is 0 Å². The third-order valence-corrected chi connectivity index (χ3v) is 8.10. The predicted molar refractivity (Wildman–Crippen MR) is 110 cm³/mol. The number of hydrazone groups is 1. The first-order chi connectivity index (χ1) is 14.4. The summed E-state index contributed by atoms with van der Waals surface area (Å²) in [6.07, 6.45) is -3.27. The van der Waals surface area contributed by atoms with Crippen LogP contribution in [0.15, 0.2) is 29.4 Å². The van der Waals surface area contributed by atoms with Crippen molar-refractivity contribution in [3.05, 3.63) is 35.4 Å². The summed E-state index contributed by atoms with van der Waals surface area (Å²) >= 11 is 0. The Morgan fingerprint density at radius 3 is 2.52 bits per heavy atom. The fourth-order valence-corrected chi connectivity index (χ4v) is 5.93. The second kappa shape index (κ2) is 7.72. The number of alkyl halides is 3. The van der Waals surface area contributed by atoms with E-state index < -0.39 is 33.4 Å². The summed E-state index contributed by atoms with van der Waals surface area (Å²) in [4.78, 5) is 1.81. The molecule has 3 aliphatic heterocycles. The molecule has 2 fully saturated rings. The Kier molecular flexibility index (Phi) is 5.60. The zero-order valence-electron chi connectivity index (χ0n) is 17.4. The molecule has 7 nitrogen and oxygen atoms in total. The first-order valence-corrected chi connectivity index (χ1v) is 12.1. The largest absolute Gasteiger partial charge is 0.416 e. The van der Waals surface area contributed by atoms with E-state index in [1.807, 2.05) is 11.8 Å². The van der Waals surface area contributed by atoms with Gasteiger partial charge < -0.3 is 10.5 Å². The van der Waals surface area contributed by atoms with Gasteiger partial charge in [0.1, 0.15) is 6.23 Å². The number of halogens is 3. The maximum Gasteiger partial charge on any atom is 0.416 e. The molecule has 0 aromatic heterocycles. The van der Waals surface area contributed by atoms with E-state index in [4.69, 9.17) is 0 Å². The molecule has 172 valence electrons. The molecule has 0 spiro atoms. The van der Waals surface area contributed by atoms with Crippen LogP contribution in [0.1, 0.15) is 36.8 Å². The monoisotopic (exact) mass is 460 g/mol. The van der Waals surface area contributed by atoms with Crippen LogP contribution in [-0.4, -0.2) is 73.1 Å². The van der Waals surface area contributed by atoms with Crippen LogP contribution in [-0.2, 0) is 16.2 Å². The highest BCUT2D eigenvalue weighted by atomic mass is 32.2. The lowest BCUT2D eigenvalue weighted by Gasteiger charge is -2.38. The van der Waals surface area contributed by atoms with E-state index in [2.05, 4.69) is 10.5 Å². The van der Waals surface area contributed by atoms with Gasteiger partial charge in [0, 0.05) is 31.6 Å². The number of sulfonamides is 1. The second-order valence-electron chi connectivity index (χ2n) is 8.92. The normalized spacial score (nSPS) is 29.5. The van der Waals surface area contributed by atoms with E-state index >= 15 is 0 Å². The molecule has 1 aromatic rings. The molecule has 1 aromatic carbocycles. The molecule has 31 heavy (non-hydrogen) atoms. The maximum absolute atomic E-state index is 13.4. The number of aliphatic hydroxyl groups excluding tert-OH is 1. The summed E-state index contributed by atoms with van der Waals surface area (Å²) in [5, 5.41) is 15.3. The number of benzene rings is 1. The quantitative estimate of drug-likeness (QED) is 0.716. The number of aliphatic hydroxyl groups is 1. The lowest BCUT2D eigenvalue weighted by molar-refractivity contribution is -0.138. The van der Waals surface area contributed by atoms with Gasteiger partial charge in [0.25, 0.3) is 0 Å². The minimum atomic E-state index is -4.39. The van der Waals surface area contributed by atoms with Gasteiger partial charge in [-0.2, -0.15) is 22.6 Å².